The average Bonchev–Trinajstić information content (AvgIpc) is 1.61. The van der Waals surface area contributed by atoms with Gasteiger partial charge in [0.25, 0.3) is 0 Å². The van der Waals surface area contributed by atoms with E-state index in [-0.39, 0.29) is 51.7 Å². The number of carbonyl (C=O) groups excluding carboxylic acids is 1. The number of rotatable bonds is 3. The summed E-state index contributed by atoms with van der Waals surface area (Å²) in [4.78, 5) is 9.71. The standard InChI is InChI=1S/C6H12O.Ba.2H/c1-6(2)4-3-5-7;;;/h5-6H,3-4H2,1-2H3;;;/q;+2;2*-1. The molecule has 8 heavy (non-hydrogen) atoms. The maximum atomic E-state index is 9.71. The summed E-state index contributed by atoms with van der Waals surface area (Å²) in [6.45, 7) is 4.23. The fourth-order valence-corrected chi connectivity index (χ4v) is 0.401. The molecule has 0 aromatic heterocycles. The van der Waals surface area contributed by atoms with Crippen LogP contribution in [0.15, 0.2) is 0 Å². The summed E-state index contributed by atoms with van der Waals surface area (Å²) >= 11 is 0. The summed E-state index contributed by atoms with van der Waals surface area (Å²) in [5, 5.41) is 0. The van der Waals surface area contributed by atoms with Crippen molar-refractivity contribution in [3.63, 3.8) is 0 Å². The third kappa shape index (κ3) is 10.3. The van der Waals surface area contributed by atoms with E-state index in [0.717, 1.165) is 19.1 Å². The van der Waals surface area contributed by atoms with Gasteiger partial charge in [-0.05, 0) is 12.3 Å². The average molecular weight is 240 g/mol. The van der Waals surface area contributed by atoms with E-state index in [1.165, 1.54) is 0 Å². The van der Waals surface area contributed by atoms with Crippen LogP contribution in [0.2, 0.25) is 0 Å². The van der Waals surface area contributed by atoms with E-state index in [4.69, 9.17) is 0 Å². The first-order valence-corrected chi connectivity index (χ1v) is 2.71. The van der Waals surface area contributed by atoms with Crippen molar-refractivity contribution < 1.29 is 7.65 Å². The Labute approximate surface area is 94.3 Å². The Morgan fingerprint density at radius 1 is 1.62 bits per heavy atom. The van der Waals surface area contributed by atoms with Gasteiger partial charge in [0.2, 0.25) is 0 Å². The van der Waals surface area contributed by atoms with Crippen LogP contribution in [-0.4, -0.2) is 55.2 Å². The van der Waals surface area contributed by atoms with Crippen molar-refractivity contribution in [3.8, 4) is 0 Å². The van der Waals surface area contributed by atoms with Crippen molar-refractivity contribution in [3.05, 3.63) is 0 Å². The van der Waals surface area contributed by atoms with E-state index in [0.29, 0.717) is 5.92 Å². The van der Waals surface area contributed by atoms with Crippen molar-refractivity contribution in [2.45, 2.75) is 26.7 Å². The summed E-state index contributed by atoms with van der Waals surface area (Å²) in [5.74, 6) is 0.671. The van der Waals surface area contributed by atoms with Gasteiger partial charge in [0, 0.05) is 6.42 Å². The smallest absolute Gasteiger partial charge is 1.00 e. The maximum Gasteiger partial charge on any atom is 2.00 e. The fraction of sp³-hybridized carbons (Fsp3) is 0.833. The molecule has 0 aliphatic heterocycles. The number of hydrogen-bond acceptors (Lipinski definition) is 1. The summed E-state index contributed by atoms with van der Waals surface area (Å²) in [6.07, 6.45) is 2.72. The van der Waals surface area contributed by atoms with Gasteiger partial charge in [-0.15, -0.1) is 0 Å². The first kappa shape index (κ1) is 12.0. The number of carbonyl (C=O) groups is 1. The van der Waals surface area contributed by atoms with Gasteiger partial charge in [0.15, 0.2) is 0 Å². The SMILES string of the molecule is CC(C)CCC=O.[Ba+2].[H-].[H-]. The molecular formula is C6H14BaO. The molecule has 2 heteroatoms. The molecular weight excluding hydrogens is 225 g/mol. The Hall–Kier alpha value is 1.24. The van der Waals surface area contributed by atoms with Crippen LogP contribution in [-0.2, 0) is 4.79 Å². The quantitative estimate of drug-likeness (QED) is 0.538. The minimum Gasteiger partial charge on any atom is -1.00 e. The van der Waals surface area contributed by atoms with Gasteiger partial charge < -0.3 is 7.65 Å². The molecule has 0 saturated heterocycles. The maximum absolute atomic E-state index is 9.71. The molecule has 0 atom stereocenters. The fourth-order valence-electron chi connectivity index (χ4n) is 0.401. The Morgan fingerprint density at radius 3 is 2.25 bits per heavy atom. The third-order valence-corrected chi connectivity index (χ3v) is 0.862. The molecule has 0 aliphatic carbocycles. The molecule has 0 aromatic rings. The second-order valence-corrected chi connectivity index (χ2v) is 2.14. The first-order valence-electron chi connectivity index (χ1n) is 2.71. The van der Waals surface area contributed by atoms with E-state index in [1.54, 1.807) is 0 Å². The van der Waals surface area contributed by atoms with Gasteiger partial charge >= 0.3 is 48.9 Å². The molecule has 0 unspecified atom stereocenters. The van der Waals surface area contributed by atoms with Gasteiger partial charge in [-0.2, -0.15) is 0 Å². The Kier molecular flexibility index (Phi) is 12.3. The molecule has 0 N–H and O–H groups in total. The van der Waals surface area contributed by atoms with Crippen molar-refractivity contribution in [1.29, 1.82) is 0 Å². The predicted molar refractivity (Wildman–Crippen MR) is 38.1 cm³/mol. The molecule has 46 valence electrons. The molecule has 0 rings (SSSR count). The van der Waals surface area contributed by atoms with Crippen LogP contribution >= 0.6 is 0 Å². The van der Waals surface area contributed by atoms with Crippen LogP contribution in [0.3, 0.4) is 0 Å². The molecule has 0 saturated carbocycles. The van der Waals surface area contributed by atoms with E-state index in [9.17, 15) is 4.79 Å². The van der Waals surface area contributed by atoms with E-state index in [2.05, 4.69) is 13.8 Å². The van der Waals surface area contributed by atoms with Gasteiger partial charge in [0.05, 0.1) is 0 Å². The van der Waals surface area contributed by atoms with Crippen LogP contribution in [0.25, 0.3) is 0 Å². The Balaban J connectivity index is -0.0000000600. The van der Waals surface area contributed by atoms with Crippen molar-refractivity contribution in [2.24, 2.45) is 5.92 Å². The van der Waals surface area contributed by atoms with Gasteiger partial charge in [0.1, 0.15) is 6.29 Å². The summed E-state index contributed by atoms with van der Waals surface area (Å²) in [6, 6.07) is 0. The molecule has 0 aromatic carbocycles. The van der Waals surface area contributed by atoms with Gasteiger partial charge in [-0.25, -0.2) is 0 Å². The van der Waals surface area contributed by atoms with Crippen molar-refractivity contribution in [1.82, 2.24) is 0 Å². The topological polar surface area (TPSA) is 17.1 Å². The van der Waals surface area contributed by atoms with E-state index >= 15 is 0 Å². The number of hydrogen-bond donors (Lipinski definition) is 0. The molecule has 0 bridgehead atoms. The molecule has 0 fully saturated rings. The summed E-state index contributed by atoms with van der Waals surface area (Å²) in [7, 11) is 0. The van der Waals surface area contributed by atoms with Gasteiger partial charge in [-0.3, -0.25) is 0 Å². The molecule has 0 heterocycles. The van der Waals surface area contributed by atoms with Crippen LogP contribution in [0.4, 0.5) is 0 Å². The monoisotopic (exact) mass is 240 g/mol. The second-order valence-electron chi connectivity index (χ2n) is 2.14. The zero-order valence-corrected chi connectivity index (χ0v) is 10.1. The van der Waals surface area contributed by atoms with Gasteiger partial charge in [-0.1, -0.05) is 13.8 Å². The van der Waals surface area contributed by atoms with Crippen molar-refractivity contribution >= 4 is 55.2 Å². The Morgan fingerprint density at radius 2 is 2.12 bits per heavy atom. The van der Waals surface area contributed by atoms with Crippen LogP contribution in [0, 0.1) is 5.92 Å². The first-order chi connectivity index (χ1) is 3.27. The third-order valence-electron chi connectivity index (χ3n) is 0.862. The normalized spacial score (nSPS) is 8.38. The van der Waals surface area contributed by atoms with Crippen LogP contribution < -0.4 is 0 Å². The largest absolute Gasteiger partial charge is 2.00 e. The predicted octanol–water partition coefficient (Wildman–Crippen LogP) is 1.47. The minimum atomic E-state index is 0. The zero-order chi connectivity index (χ0) is 5.70. The number of aldehydes is 1. The molecule has 0 spiro atoms. The zero-order valence-electron chi connectivity index (χ0n) is 7.68. The Bertz CT molecular complexity index is 59.7. The summed E-state index contributed by atoms with van der Waals surface area (Å²) < 4.78 is 0. The molecule has 0 radical (unpaired) electrons. The van der Waals surface area contributed by atoms with Crippen molar-refractivity contribution in [2.75, 3.05) is 0 Å². The van der Waals surface area contributed by atoms with Crippen LogP contribution in [0.5, 0.6) is 0 Å². The second kappa shape index (κ2) is 8.24. The summed E-state index contributed by atoms with van der Waals surface area (Å²) in [5.41, 5.74) is 0. The molecule has 1 nitrogen and oxygen atoms in total. The van der Waals surface area contributed by atoms with E-state index < -0.39 is 0 Å². The molecule has 0 amide bonds. The molecule has 0 aliphatic rings. The van der Waals surface area contributed by atoms with Crippen LogP contribution in [0.1, 0.15) is 29.5 Å². The minimum absolute atomic E-state index is 0. The van der Waals surface area contributed by atoms with E-state index in [1.807, 2.05) is 0 Å².